The van der Waals surface area contributed by atoms with E-state index in [0.29, 0.717) is 29.5 Å². The molecule has 4 saturated carbocycles. The predicted molar refractivity (Wildman–Crippen MR) is 129 cm³/mol. The predicted octanol–water partition coefficient (Wildman–Crippen LogP) is 6.75. The van der Waals surface area contributed by atoms with Crippen molar-refractivity contribution in [2.75, 3.05) is 0 Å². The number of fused-ring (bicyclic) bond motifs is 5. The molecule has 0 amide bonds. The van der Waals surface area contributed by atoms with Gasteiger partial charge in [0.25, 0.3) is 0 Å². The van der Waals surface area contributed by atoms with Gasteiger partial charge in [0.15, 0.2) is 5.78 Å². The van der Waals surface area contributed by atoms with Crippen LogP contribution in [0, 0.1) is 56.2 Å². The summed E-state index contributed by atoms with van der Waals surface area (Å²) in [7, 11) is 0. The molecule has 0 N–H and O–H groups in total. The maximum atomic E-state index is 13.3. The highest BCUT2D eigenvalue weighted by atomic mass is 16.6. The van der Waals surface area contributed by atoms with E-state index in [1.54, 1.807) is 0 Å². The van der Waals surface area contributed by atoms with Crippen molar-refractivity contribution in [1.29, 1.82) is 0 Å². The van der Waals surface area contributed by atoms with Crippen LogP contribution < -0.4 is 0 Å². The van der Waals surface area contributed by atoms with Crippen molar-refractivity contribution in [3.63, 3.8) is 0 Å². The summed E-state index contributed by atoms with van der Waals surface area (Å²) in [5.41, 5.74) is 0.117. The molecule has 3 heteroatoms. The van der Waals surface area contributed by atoms with E-state index in [-0.39, 0.29) is 44.6 Å². The minimum absolute atomic E-state index is 0.0741. The zero-order valence-electron chi connectivity index (χ0n) is 21.9. The van der Waals surface area contributed by atoms with Gasteiger partial charge in [-0.3, -0.25) is 9.59 Å². The van der Waals surface area contributed by atoms with Gasteiger partial charge in [-0.05, 0) is 91.4 Å². The molecular formula is C30H44O3. The molecule has 5 aliphatic carbocycles. The van der Waals surface area contributed by atoms with Crippen molar-refractivity contribution in [1.82, 2.24) is 0 Å². The first-order chi connectivity index (χ1) is 15.2. The topological polar surface area (TPSA) is 43.4 Å². The van der Waals surface area contributed by atoms with Crippen molar-refractivity contribution < 1.29 is 14.3 Å². The molecule has 0 aromatic heterocycles. The normalized spacial score (nSPS) is 55.7. The van der Waals surface area contributed by atoms with E-state index in [2.05, 4.69) is 54.5 Å². The van der Waals surface area contributed by atoms with Crippen LogP contribution in [-0.4, -0.2) is 17.9 Å². The first-order valence-electron chi connectivity index (χ1n) is 13.7. The number of carbonyl (C=O) groups is 2. The Balaban J connectivity index is 1.43. The zero-order chi connectivity index (χ0) is 23.8. The molecule has 0 radical (unpaired) electrons. The summed E-state index contributed by atoms with van der Waals surface area (Å²) in [6.45, 7) is 16.7. The van der Waals surface area contributed by atoms with Gasteiger partial charge in [-0.2, -0.15) is 0 Å². The molecule has 1 saturated heterocycles. The van der Waals surface area contributed by atoms with E-state index >= 15 is 0 Å². The number of rotatable bonds is 0. The van der Waals surface area contributed by atoms with Crippen molar-refractivity contribution in [2.24, 2.45) is 56.2 Å². The van der Waals surface area contributed by atoms with Crippen LogP contribution in [0.25, 0.3) is 0 Å². The van der Waals surface area contributed by atoms with Gasteiger partial charge in [-0.15, -0.1) is 0 Å². The van der Waals surface area contributed by atoms with Crippen LogP contribution in [0.1, 0.15) is 99.8 Å². The molecule has 0 unspecified atom stereocenters. The third-order valence-electron chi connectivity index (χ3n) is 13.3. The van der Waals surface area contributed by atoms with Gasteiger partial charge in [0.05, 0.1) is 5.41 Å². The molecule has 0 aromatic carbocycles. The average Bonchev–Trinajstić information content (AvgIpc) is 2.99. The second kappa shape index (κ2) is 6.16. The number of esters is 1. The molecule has 9 atom stereocenters. The van der Waals surface area contributed by atoms with Crippen molar-refractivity contribution in [3.05, 3.63) is 12.2 Å². The smallest absolute Gasteiger partial charge is 0.312 e. The van der Waals surface area contributed by atoms with E-state index in [9.17, 15) is 9.59 Å². The average molecular weight is 453 g/mol. The van der Waals surface area contributed by atoms with E-state index in [0.717, 1.165) is 32.1 Å². The van der Waals surface area contributed by atoms with E-state index < -0.39 is 0 Å². The monoisotopic (exact) mass is 452 g/mol. The van der Waals surface area contributed by atoms with Crippen LogP contribution in [0.3, 0.4) is 0 Å². The summed E-state index contributed by atoms with van der Waals surface area (Å²) in [6.07, 6.45) is 13.4. The number of ketones is 1. The summed E-state index contributed by atoms with van der Waals surface area (Å²) < 4.78 is 6.26. The second-order valence-electron chi connectivity index (χ2n) is 14.9. The lowest BCUT2D eigenvalue weighted by Crippen LogP contribution is -2.67. The number of hydrogen-bond donors (Lipinski definition) is 0. The van der Waals surface area contributed by atoms with E-state index in [4.69, 9.17) is 4.74 Å². The molecule has 2 bridgehead atoms. The SMILES string of the molecule is CC1(C)CC[C@]23CC[C@]4(C)[C@H](CC[C@@H]5[C@@]6(C)C=CC(=O)C(C)(C)[C@@H]6CC[C@]54C)[C@H]2[C@H]1OC3=O. The first kappa shape index (κ1) is 22.4. The molecule has 1 aliphatic heterocycles. The van der Waals surface area contributed by atoms with Gasteiger partial charge in [-0.25, -0.2) is 0 Å². The highest BCUT2D eigenvalue weighted by molar-refractivity contribution is 5.95. The van der Waals surface area contributed by atoms with Crippen LogP contribution in [0.5, 0.6) is 0 Å². The second-order valence-corrected chi connectivity index (χ2v) is 14.9. The lowest BCUT2D eigenvalue weighted by molar-refractivity contribution is -0.226. The van der Waals surface area contributed by atoms with Crippen molar-refractivity contribution >= 4 is 11.8 Å². The zero-order valence-corrected chi connectivity index (χ0v) is 21.9. The fraction of sp³-hybridized carbons (Fsp3) is 0.867. The van der Waals surface area contributed by atoms with Gasteiger partial charge in [0.2, 0.25) is 0 Å². The molecule has 0 spiro atoms. The Labute approximate surface area is 200 Å². The lowest BCUT2D eigenvalue weighted by atomic mass is 9.32. The summed E-state index contributed by atoms with van der Waals surface area (Å²) in [4.78, 5) is 26.2. The van der Waals surface area contributed by atoms with Crippen LogP contribution >= 0.6 is 0 Å². The largest absolute Gasteiger partial charge is 0.461 e. The fourth-order valence-corrected chi connectivity index (χ4v) is 11.1. The summed E-state index contributed by atoms with van der Waals surface area (Å²) in [6, 6.07) is 0. The molecule has 182 valence electrons. The lowest BCUT2D eigenvalue weighted by Gasteiger charge is -2.71. The Kier molecular flexibility index (Phi) is 4.17. The maximum absolute atomic E-state index is 13.3. The Hall–Kier alpha value is -1.12. The quantitative estimate of drug-likeness (QED) is 0.382. The minimum atomic E-state index is -0.272. The number of hydrogen-bond acceptors (Lipinski definition) is 3. The number of carbonyl (C=O) groups excluding carboxylic acids is 2. The Morgan fingerprint density at radius 3 is 2.21 bits per heavy atom. The highest BCUT2D eigenvalue weighted by Gasteiger charge is 2.75. The molecule has 3 nitrogen and oxygen atoms in total. The molecule has 5 fully saturated rings. The third-order valence-corrected chi connectivity index (χ3v) is 13.3. The molecular weight excluding hydrogens is 408 g/mol. The minimum Gasteiger partial charge on any atom is -0.461 e. The summed E-state index contributed by atoms with van der Waals surface area (Å²) >= 11 is 0. The maximum Gasteiger partial charge on any atom is 0.312 e. The summed E-state index contributed by atoms with van der Waals surface area (Å²) in [5.74, 6) is 2.40. The number of ether oxygens (including phenoxy) is 1. The van der Waals surface area contributed by atoms with Crippen LogP contribution in [0.4, 0.5) is 0 Å². The van der Waals surface area contributed by atoms with Gasteiger partial charge in [0, 0.05) is 16.7 Å². The first-order valence-corrected chi connectivity index (χ1v) is 13.7. The van der Waals surface area contributed by atoms with Gasteiger partial charge < -0.3 is 4.74 Å². The van der Waals surface area contributed by atoms with Gasteiger partial charge in [-0.1, -0.05) is 54.5 Å². The third kappa shape index (κ3) is 2.34. The van der Waals surface area contributed by atoms with Crippen LogP contribution in [0.15, 0.2) is 12.2 Å². The molecule has 33 heavy (non-hydrogen) atoms. The van der Waals surface area contributed by atoms with Gasteiger partial charge in [0.1, 0.15) is 6.10 Å². The molecule has 6 aliphatic rings. The fourth-order valence-electron chi connectivity index (χ4n) is 11.1. The van der Waals surface area contributed by atoms with Crippen LogP contribution in [-0.2, 0) is 14.3 Å². The van der Waals surface area contributed by atoms with Crippen molar-refractivity contribution in [3.8, 4) is 0 Å². The Morgan fingerprint density at radius 1 is 0.788 bits per heavy atom. The number of allylic oxidation sites excluding steroid dienone is 2. The van der Waals surface area contributed by atoms with E-state index in [1.165, 1.54) is 19.3 Å². The molecule has 1 heterocycles. The highest BCUT2D eigenvalue weighted by Crippen LogP contribution is 2.77. The Bertz CT molecular complexity index is 960. The standard InChI is InChI=1S/C30H44O3/c1-25(2)14-16-30-17-15-28(6)18(22(30)23(25)33-24(30)32)8-9-20-27(5)12-11-21(31)26(3,4)19(27)10-13-29(20,28)7/h11-12,18-20,22-23H,8-10,13-17H2,1-7H3/t18-,19+,20-,22+,23-,27+,28-,29-,30+/m1/s1. The van der Waals surface area contributed by atoms with Crippen molar-refractivity contribution in [2.45, 2.75) is 106 Å². The van der Waals surface area contributed by atoms with Gasteiger partial charge >= 0.3 is 5.97 Å². The molecule has 6 rings (SSSR count). The Morgan fingerprint density at radius 2 is 1.48 bits per heavy atom. The van der Waals surface area contributed by atoms with E-state index in [1.807, 2.05) is 6.08 Å². The molecule has 0 aromatic rings. The summed E-state index contributed by atoms with van der Waals surface area (Å²) in [5, 5.41) is 0. The van der Waals surface area contributed by atoms with Crippen LogP contribution in [0.2, 0.25) is 0 Å².